The fourth-order valence-corrected chi connectivity index (χ4v) is 5.09. The van der Waals surface area contributed by atoms with Gasteiger partial charge in [0.2, 0.25) is 5.91 Å². The van der Waals surface area contributed by atoms with Crippen LogP contribution in [0.4, 0.5) is 5.69 Å². The first kappa shape index (κ1) is 28.7. The number of ether oxygens (including phenoxy) is 1. The molecule has 0 aliphatic carbocycles. The van der Waals surface area contributed by atoms with E-state index in [4.69, 9.17) is 9.15 Å². The molecule has 1 saturated heterocycles. The number of non-ortho nitro benzene ring substituents is 1. The van der Waals surface area contributed by atoms with E-state index in [1.165, 1.54) is 40.3 Å². The van der Waals surface area contributed by atoms with Crippen LogP contribution in [0.15, 0.2) is 88.3 Å². The van der Waals surface area contributed by atoms with E-state index in [0.717, 1.165) is 24.0 Å². The maximum Gasteiger partial charge on any atom is 0.270 e. The number of fused-ring (bicyclic) bond motifs is 1. The van der Waals surface area contributed by atoms with Gasteiger partial charge in [-0.05, 0) is 43.5 Å². The maximum absolute atomic E-state index is 13.9. The van der Waals surface area contributed by atoms with Crippen LogP contribution in [-0.4, -0.2) is 52.3 Å². The van der Waals surface area contributed by atoms with Crippen LogP contribution < -0.4 is 5.43 Å². The molecule has 0 bridgehead atoms. The van der Waals surface area contributed by atoms with Crippen molar-refractivity contribution >= 4 is 28.5 Å². The molecular weight excluding hydrogens is 538 g/mol. The van der Waals surface area contributed by atoms with Gasteiger partial charge < -0.3 is 19.0 Å². The third kappa shape index (κ3) is 6.72. The highest BCUT2D eigenvalue weighted by Gasteiger charge is 2.28. The van der Waals surface area contributed by atoms with Crippen LogP contribution in [-0.2, 0) is 22.6 Å². The average molecular weight is 570 g/mol. The highest BCUT2D eigenvalue weighted by Crippen LogP contribution is 2.20. The number of hydrogen-bond acceptors (Lipinski definition) is 7. The van der Waals surface area contributed by atoms with E-state index in [1.807, 2.05) is 43.3 Å². The molecule has 10 heteroatoms. The number of benzene rings is 3. The molecule has 4 aromatic rings. The first-order valence-electron chi connectivity index (χ1n) is 13.8. The number of nitro groups is 1. The summed E-state index contributed by atoms with van der Waals surface area (Å²) in [6, 6.07) is 20.2. The van der Waals surface area contributed by atoms with Crippen molar-refractivity contribution in [3.05, 3.63) is 122 Å². The van der Waals surface area contributed by atoms with E-state index in [1.54, 1.807) is 12.1 Å². The Kier molecular flexibility index (Phi) is 8.73. The Morgan fingerprint density at radius 3 is 2.55 bits per heavy atom. The zero-order valence-electron chi connectivity index (χ0n) is 23.2. The van der Waals surface area contributed by atoms with Crippen LogP contribution in [0.3, 0.4) is 0 Å². The fourth-order valence-electron chi connectivity index (χ4n) is 5.09. The third-order valence-electron chi connectivity index (χ3n) is 7.29. The van der Waals surface area contributed by atoms with Crippen molar-refractivity contribution in [2.45, 2.75) is 39.0 Å². The molecule has 216 valence electrons. The predicted octanol–water partition coefficient (Wildman–Crippen LogP) is 4.86. The Morgan fingerprint density at radius 1 is 1.00 bits per heavy atom. The minimum atomic E-state index is -0.565. The van der Waals surface area contributed by atoms with E-state index < -0.39 is 10.8 Å². The average Bonchev–Trinajstić information content (AvgIpc) is 3.51. The lowest BCUT2D eigenvalue weighted by molar-refractivity contribution is -0.384. The lowest BCUT2D eigenvalue weighted by atomic mass is 10.1. The summed E-state index contributed by atoms with van der Waals surface area (Å²) in [5, 5.41) is 11.8. The van der Waals surface area contributed by atoms with Gasteiger partial charge >= 0.3 is 0 Å². The zero-order chi connectivity index (χ0) is 29.6. The molecule has 0 saturated carbocycles. The Hall–Kier alpha value is -4.83. The summed E-state index contributed by atoms with van der Waals surface area (Å²) in [5.74, 6) is -0.901. The molecule has 1 aromatic heterocycles. The van der Waals surface area contributed by atoms with Gasteiger partial charge in [0.1, 0.15) is 12.1 Å². The number of nitrogens with zero attached hydrogens (tertiary/aromatic N) is 3. The summed E-state index contributed by atoms with van der Waals surface area (Å²) in [5.41, 5.74) is 2.20. The molecule has 1 atom stereocenters. The molecule has 0 N–H and O–H groups in total. The topological polar surface area (TPSA) is 123 Å². The minimum absolute atomic E-state index is 0.0291. The van der Waals surface area contributed by atoms with Crippen LogP contribution in [0.2, 0.25) is 0 Å². The van der Waals surface area contributed by atoms with Crippen molar-refractivity contribution in [1.29, 1.82) is 0 Å². The van der Waals surface area contributed by atoms with E-state index in [0.29, 0.717) is 23.1 Å². The number of rotatable bonds is 10. The second-order valence-corrected chi connectivity index (χ2v) is 10.5. The molecule has 3 aromatic carbocycles. The third-order valence-corrected chi connectivity index (χ3v) is 7.29. The lowest BCUT2D eigenvalue weighted by Gasteiger charge is -2.29. The fraction of sp³-hybridized carbons (Fsp3) is 0.281. The standard InChI is InChI=1S/C32H31N3O7/c1-22-12-13-29-28(15-22)31(37)25(21-42-29)18-33(17-23-7-3-2-4-8-23)30(36)20-34(19-27-11-6-14-41-27)32(38)24-9-5-10-26(16-24)35(39)40/h2-5,7-10,12-13,15-16,21,27H,6,11,14,17-20H2,1H3. The first-order valence-corrected chi connectivity index (χ1v) is 13.8. The number of aryl methyl sites for hydroxylation is 1. The van der Waals surface area contributed by atoms with Crippen LogP contribution >= 0.6 is 0 Å². The van der Waals surface area contributed by atoms with Crippen LogP contribution in [0.5, 0.6) is 0 Å². The predicted molar refractivity (Wildman–Crippen MR) is 156 cm³/mol. The molecule has 1 aliphatic heterocycles. The highest BCUT2D eigenvalue weighted by molar-refractivity contribution is 5.97. The van der Waals surface area contributed by atoms with E-state index in [9.17, 15) is 24.5 Å². The SMILES string of the molecule is Cc1ccc2occ(CN(Cc3ccccc3)C(=O)CN(CC3CCCO3)C(=O)c3cccc([N+](=O)[O-])c3)c(=O)c2c1. The number of amides is 2. The second kappa shape index (κ2) is 12.8. The summed E-state index contributed by atoms with van der Waals surface area (Å²) >= 11 is 0. The Balaban J connectivity index is 1.45. The number of carbonyl (C=O) groups excluding carboxylic acids is 2. The molecule has 10 nitrogen and oxygen atoms in total. The van der Waals surface area contributed by atoms with Gasteiger partial charge in [-0.3, -0.25) is 24.5 Å². The molecule has 42 heavy (non-hydrogen) atoms. The molecule has 2 amide bonds. The highest BCUT2D eigenvalue weighted by atomic mass is 16.6. The van der Waals surface area contributed by atoms with Crippen molar-refractivity contribution in [2.75, 3.05) is 19.7 Å². The van der Waals surface area contributed by atoms with Crippen molar-refractivity contribution in [1.82, 2.24) is 9.80 Å². The zero-order valence-corrected chi connectivity index (χ0v) is 23.2. The van der Waals surface area contributed by atoms with Gasteiger partial charge in [0.25, 0.3) is 11.6 Å². The van der Waals surface area contributed by atoms with Crippen LogP contribution in [0.25, 0.3) is 11.0 Å². The van der Waals surface area contributed by atoms with Gasteiger partial charge in [0, 0.05) is 37.4 Å². The summed E-state index contributed by atoms with van der Waals surface area (Å²) in [6.07, 6.45) is 2.70. The van der Waals surface area contributed by atoms with Crippen molar-refractivity contribution in [3.8, 4) is 0 Å². The normalized spacial score (nSPS) is 14.5. The minimum Gasteiger partial charge on any atom is -0.464 e. The van der Waals surface area contributed by atoms with E-state index in [-0.39, 0.29) is 54.9 Å². The lowest BCUT2D eigenvalue weighted by Crippen LogP contribution is -2.45. The van der Waals surface area contributed by atoms with Gasteiger partial charge in [-0.1, -0.05) is 48.0 Å². The van der Waals surface area contributed by atoms with Crippen LogP contribution in [0.1, 0.15) is 39.9 Å². The molecule has 1 aliphatic rings. The Bertz CT molecular complexity index is 1660. The van der Waals surface area contributed by atoms with Gasteiger partial charge in [0.15, 0.2) is 5.43 Å². The van der Waals surface area contributed by atoms with E-state index >= 15 is 0 Å². The largest absolute Gasteiger partial charge is 0.464 e. The van der Waals surface area contributed by atoms with Crippen molar-refractivity contribution in [3.63, 3.8) is 0 Å². The molecule has 1 fully saturated rings. The molecule has 1 unspecified atom stereocenters. The summed E-state index contributed by atoms with van der Waals surface area (Å²) in [4.78, 5) is 54.6. The Labute approximate surface area is 242 Å². The van der Waals surface area contributed by atoms with Gasteiger partial charge in [-0.25, -0.2) is 0 Å². The monoisotopic (exact) mass is 569 g/mol. The van der Waals surface area contributed by atoms with Gasteiger partial charge in [0.05, 0.1) is 34.8 Å². The summed E-state index contributed by atoms with van der Waals surface area (Å²) in [6.45, 7) is 2.48. The summed E-state index contributed by atoms with van der Waals surface area (Å²) < 4.78 is 11.5. The maximum atomic E-state index is 13.9. The van der Waals surface area contributed by atoms with Gasteiger partial charge in [-0.15, -0.1) is 0 Å². The van der Waals surface area contributed by atoms with Crippen molar-refractivity contribution in [2.24, 2.45) is 0 Å². The number of nitro benzene ring substituents is 1. The second-order valence-electron chi connectivity index (χ2n) is 10.5. The van der Waals surface area contributed by atoms with Crippen LogP contribution in [0, 0.1) is 17.0 Å². The van der Waals surface area contributed by atoms with Crippen molar-refractivity contribution < 1.29 is 23.7 Å². The summed E-state index contributed by atoms with van der Waals surface area (Å²) in [7, 11) is 0. The number of hydrogen-bond donors (Lipinski definition) is 0. The number of carbonyl (C=O) groups is 2. The molecule has 0 radical (unpaired) electrons. The smallest absolute Gasteiger partial charge is 0.270 e. The van der Waals surface area contributed by atoms with Gasteiger partial charge in [-0.2, -0.15) is 0 Å². The quantitative estimate of drug-likeness (QED) is 0.197. The molecular formula is C32H31N3O7. The first-order chi connectivity index (χ1) is 20.3. The Morgan fingerprint density at radius 2 is 1.81 bits per heavy atom. The van der Waals surface area contributed by atoms with E-state index in [2.05, 4.69) is 0 Å². The molecule has 2 heterocycles. The molecule has 0 spiro atoms. The molecule has 5 rings (SSSR count).